The van der Waals surface area contributed by atoms with E-state index in [-0.39, 0.29) is 5.92 Å². The number of amides is 1. The van der Waals surface area contributed by atoms with Crippen molar-refractivity contribution in [3.63, 3.8) is 0 Å². The summed E-state index contributed by atoms with van der Waals surface area (Å²) in [7, 11) is 1.99. The number of fused-ring (bicyclic) bond motifs is 1. The summed E-state index contributed by atoms with van der Waals surface area (Å²) in [6, 6.07) is 8.54. The lowest BCUT2D eigenvalue weighted by Crippen LogP contribution is -2.42. The van der Waals surface area contributed by atoms with E-state index in [1.165, 1.54) is 32.1 Å². The van der Waals surface area contributed by atoms with Crippen LogP contribution in [0.15, 0.2) is 28.7 Å². The van der Waals surface area contributed by atoms with Crippen molar-refractivity contribution in [2.75, 3.05) is 31.6 Å². The van der Waals surface area contributed by atoms with Gasteiger partial charge in [-0.3, -0.25) is 4.79 Å². The molecule has 0 spiro atoms. The van der Waals surface area contributed by atoms with Gasteiger partial charge >= 0.3 is 0 Å². The number of oxazole rings is 1. The van der Waals surface area contributed by atoms with Crippen LogP contribution >= 0.6 is 0 Å². The van der Waals surface area contributed by atoms with E-state index < -0.39 is 0 Å². The summed E-state index contributed by atoms with van der Waals surface area (Å²) < 4.78 is 5.87. The van der Waals surface area contributed by atoms with E-state index in [0.29, 0.717) is 17.8 Å². The van der Waals surface area contributed by atoms with Gasteiger partial charge in [0, 0.05) is 32.6 Å². The van der Waals surface area contributed by atoms with Gasteiger partial charge in [-0.2, -0.15) is 4.98 Å². The molecule has 1 aliphatic carbocycles. The first-order chi connectivity index (χ1) is 12.7. The molecule has 0 atom stereocenters. The molecule has 4 rings (SSSR count). The molecule has 0 unspecified atom stereocenters. The molecule has 2 aliphatic rings. The van der Waals surface area contributed by atoms with E-state index in [1.807, 2.05) is 36.2 Å². The molecule has 1 aliphatic heterocycles. The van der Waals surface area contributed by atoms with Gasteiger partial charge in [0.25, 0.3) is 6.01 Å². The Morgan fingerprint density at radius 3 is 2.62 bits per heavy atom. The third kappa shape index (κ3) is 3.71. The van der Waals surface area contributed by atoms with Crippen LogP contribution in [-0.2, 0) is 4.79 Å². The van der Waals surface area contributed by atoms with E-state index in [4.69, 9.17) is 4.42 Å². The van der Waals surface area contributed by atoms with Crippen LogP contribution in [0.3, 0.4) is 0 Å². The Morgan fingerprint density at radius 2 is 1.88 bits per heavy atom. The standard InChI is InChI=1S/C21H29N3O2/c1-23(15-16-7-3-2-4-8-16)20(25)17-11-13-24(14-12-17)21-22-18-9-5-6-10-19(18)26-21/h5-6,9-10,16-17H,2-4,7-8,11-15H2,1H3. The zero-order valence-electron chi connectivity index (χ0n) is 15.7. The molecule has 1 saturated carbocycles. The van der Waals surface area contributed by atoms with Gasteiger partial charge in [-0.1, -0.05) is 31.4 Å². The number of rotatable bonds is 4. The zero-order chi connectivity index (χ0) is 17.9. The first kappa shape index (κ1) is 17.4. The van der Waals surface area contributed by atoms with Crippen molar-refractivity contribution in [1.29, 1.82) is 0 Å². The second-order valence-electron chi connectivity index (χ2n) is 7.95. The Bertz CT molecular complexity index is 710. The van der Waals surface area contributed by atoms with Gasteiger partial charge in [0.1, 0.15) is 5.52 Å². The van der Waals surface area contributed by atoms with E-state index in [0.717, 1.165) is 43.6 Å². The lowest BCUT2D eigenvalue weighted by molar-refractivity contribution is -0.135. The fraction of sp³-hybridized carbons (Fsp3) is 0.619. The van der Waals surface area contributed by atoms with Gasteiger partial charge in [-0.25, -0.2) is 0 Å². The Hall–Kier alpha value is -2.04. The third-order valence-corrected chi connectivity index (χ3v) is 6.03. The van der Waals surface area contributed by atoms with Gasteiger partial charge in [0.05, 0.1) is 0 Å². The Morgan fingerprint density at radius 1 is 1.15 bits per heavy atom. The largest absolute Gasteiger partial charge is 0.423 e. The number of nitrogens with zero attached hydrogens (tertiary/aromatic N) is 3. The first-order valence-corrected chi connectivity index (χ1v) is 10.1. The SMILES string of the molecule is CN(CC1CCCCC1)C(=O)C1CCN(c2nc3ccccc3o2)CC1. The number of hydrogen-bond donors (Lipinski definition) is 0. The second-order valence-corrected chi connectivity index (χ2v) is 7.95. The third-order valence-electron chi connectivity index (χ3n) is 6.03. The van der Waals surface area contributed by atoms with Crippen LogP contribution in [0.25, 0.3) is 11.1 Å². The zero-order valence-corrected chi connectivity index (χ0v) is 15.7. The van der Waals surface area contributed by atoms with E-state index in [9.17, 15) is 4.79 Å². The smallest absolute Gasteiger partial charge is 0.298 e. The molecule has 2 aromatic rings. The highest BCUT2D eigenvalue weighted by atomic mass is 16.4. The maximum atomic E-state index is 12.8. The minimum absolute atomic E-state index is 0.143. The molecule has 5 nitrogen and oxygen atoms in total. The summed E-state index contributed by atoms with van der Waals surface area (Å²) in [6.07, 6.45) is 8.36. The average Bonchev–Trinajstić information content (AvgIpc) is 3.12. The molecular formula is C21H29N3O2. The predicted octanol–water partition coefficient (Wildman–Crippen LogP) is 4.08. The van der Waals surface area contributed by atoms with E-state index in [2.05, 4.69) is 9.88 Å². The monoisotopic (exact) mass is 355 g/mol. The fourth-order valence-electron chi connectivity index (χ4n) is 4.47. The van der Waals surface area contributed by atoms with Crippen LogP contribution in [0.1, 0.15) is 44.9 Å². The van der Waals surface area contributed by atoms with Crippen LogP contribution in [0.4, 0.5) is 6.01 Å². The van der Waals surface area contributed by atoms with Crippen LogP contribution in [0.5, 0.6) is 0 Å². The summed E-state index contributed by atoms with van der Waals surface area (Å²) in [4.78, 5) is 21.6. The average molecular weight is 355 g/mol. The van der Waals surface area contributed by atoms with Crippen molar-refractivity contribution >= 4 is 23.0 Å². The molecule has 1 aromatic carbocycles. The maximum absolute atomic E-state index is 12.8. The minimum atomic E-state index is 0.143. The van der Waals surface area contributed by atoms with Crippen molar-refractivity contribution < 1.29 is 9.21 Å². The van der Waals surface area contributed by atoms with Gasteiger partial charge in [-0.15, -0.1) is 0 Å². The number of piperidine rings is 1. The quantitative estimate of drug-likeness (QED) is 0.829. The van der Waals surface area contributed by atoms with Crippen molar-refractivity contribution in [3.05, 3.63) is 24.3 Å². The summed E-state index contributed by atoms with van der Waals surface area (Å²) in [5.74, 6) is 1.18. The maximum Gasteiger partial charge on any atom is 0.298 e. The van der Waals surface area contributed by atoms with Crippen LogP contribution in [0, 0.1) is 11.8 Å². The summed E-state index contributed by atoms with van der Waals surface area (Å²) in [5.41, 5.74) is 1.72. The molecule has 1 saturated heterocycles. The highest BCUT2D eigenvalue weighted by molar-refractivity contribution is 5.79. The number of aromatic nitrogens is 1. The molecule has 140 valence electrons. The summed E-state index contributed by atoms with van der Waals surface area (Å²) >= 11 is 0. The Labute approximate surface area is 155 Å². The molecule has 0 N–H and O–H groups in total. The summed E-state index contributed by atoms with van der Waals surface area (Å²) in [6.45, 7) is 2.60. The predicted molar refractivity (Wildman–Crippen MR) is 103 cm³/mol. The minimum Gasteiger partial charge on any atom is -0.423 e. The first-order valence-electron chi connectivity index (χ1n) is 10.1. The van der Waals surface area contributed by atoms with Gasteiger partial charge in [0.2, 0.25) is 5.91 Å². The van der Waals surface area contributed by atoms with E-state index in [1.54, 1.807) is 0 Å². The summed E-state index contributed by atoms with van der Waals surface area (Å²) in [5, 5.41) is 0. The topological polar surface area (TPSA) is 49.6 Å². The van der Waals surface area contributed by atoms with E-state index >= 15 is 0 Å². The lowest BCUT2D eigenvalue weighted by Gasteiger charge is -2.34. The highest BCUT2D eigenvalue weighted by Gasteiger charge is 2.30. The Balaban J connectivity index is 1.31. The molecule has 1 aromatic heterocycles. The van der Waals surface area contributed by atoms with Crippen LogP contribution in [-0.4, -0.2) is 42.5 Å². The molecule has 26 heavy (non-hydrogen) atoms. The van der Waals surface area contributed by atoms with Crippen LogP contribution < -0.4 is 4.90 Å². The van der Waals surface area contributed by atoms with Crippen molar-refractivity contribution in [2.45, 2.75) is 44.9 Å². The molecule has 0 radical (unpaired) electrons. The fourth-order valence-corrected chi connectivity index (χ4v) is 4.47. The molecule has 0 bridgehead atoms. The molecular weight excluding hydrogens is 326 g/mol. The number of anilines is 1. The van der Waals surface area contributed by atoms with Crippen molar-refractivity contribution in [2.24, 2.45) is 11.8 Å². The van der Waals surface area contributed by atoms with Gasteiger partial charge in [-0.05, 0) is 43.7 Å². The normalized spacial score (nSPS) is 19.8. The number of carbonyl (C=O) groups is 1. The van der Waals surface area contributed by atoms with Crippen molar-refractivity contribution in [1.82, 2.24) is 9.88 Å². The molecule has 2 heterocycles. The van der Waals surface area contributed by atoms with Gasteiger partial charge < -0.3 is 14.2 Å². The van der Waals surface area contributed by atoms with Gasteiger partial charge in [0.15, 0.2) is 5.58 Å². The number of carbonyl (C=O) groups excluding carboxylic acids is 1. The molecule has 2 fully saturated rings. The number of benzene rings is 1. The lowest BCUT2D eigenvalue weighted by atomic mass is 9.88. The molecule has 1 amide bonds. The highest BCUT2D eigenvalue weighted by Crippen LogP contribution is 2.28. The second kappa shape index (κ2) is 7.68. The van der Waals surface area contributed by atoms with Crippen LogP contribution in [0.2, 0.25) is 0 Å². The van der Waals surface area contributed by atoms with Crippen molar-refractivity contribution in [3.8, 4) is 0 Å². The number of hydrogen-bond acceptors (Lipinski definition) is 4. The Kier molecular flexibility index (Phi) is 5.14. The molecule has 5 heteroatoms. The number of para-hydroxylation sites is 2.